The molecule has 1 atom stereocenters. The summed E-state index contributed by atoms with van der Waals surface area (Å²) in [6.07, 6.45) is 6.30. The van der Waals surface area contributed by atoms with Gasteiger partial charge < -0.3 is 19.3 Å². The van der Waals surface area contributed by atoms with E-state index in [0.29, 0.717) is 35.0 Å². The molecule has 1 fully saturated rings. The van der Waals surface area contributed by atoms with Gasteiger partial charge in [0, 0.05) is 36.5 Å². The lowest BCUT2D eigenvalue weighted by Gasteiger charge is -2.31. The van der Waals surface area contributed by atoms with Gasteiger partial charge in [-0.1, -0.05) is 26.2 Å². The van der Waals surface area contributed by atoms with E-state index in [2.05, 4.69) is 31.1 Å². The third-order valence-corrected chi connectivity index (χ3v) is 8.16. The lowest BCUT2D eigenvalue weighted by molar-refractivity contribution is -0.172. The van der Waals surface area contributed by atoms with Gasteiger partial charge >= 0.3 is 5.97 Å². The molecule has 1 aromatic carbocycles. The van der Waals surface area contributed by atoms with Crippen molar-refractivity contribution in [2.24, 2.45) is 10.9 Å². The molecule has 3 aliphatic rings. The van der Waals surface area contributed by atoms with Crippen LogP contribution in [0.3, 0.4) is 0 Å². The highest BCUT2D eigenvalue weighted by atomic mass is 16.6. The number of carbonyl (C=O) groups excluding carboxylic acids is 1. The van der Waals surface area contributed by atoms with Crippen molar-refractivity contribution in [3.8, 4) is 11.4 Å². The molecule has 8 nitrogen and oxygen atoms in total. The molecule has 0 amide bonds. The van der Waals surface area contributed by atoms with E-state index in [1.807, 2.05) is 12.1 Å². The zero-order valence-electron chi connectivity index (χ0n) is 21.6. The first-order chi connectivity index (χ1) is 17.8. The first-order valence-corrected chi connectivity index (χ1v) is 13.2. The van der Waals surface area contributed by atoms with Crippen molar-refractivity contribution in [2.75, 3.05) is 14.1 Å². The third-order valence-electron chi connectivity index (χ3n) is 8.16. The summed E-state index contributed by atoms with van der Waals surface area (Å²) in [5.41, 5.74) is 2.57. The van der Waals surface area contributed by atoms with Gasteiger partial charge in [0.25, 0.3) is 5.56 Å². The fourth-order valence-electron chi connectivity index (χ4n) is 6.09. The predicted molar refractivity (Wildman–Crippen MR) is 142 cm³/mol. The van der Waals surface area contributed by atoms with Crippen molar-refractivity contribution in [3.63, 3.8) is 0 Å². The number of fused-ring (bicyclic) bond motifs is 5. The van der Waals surface area contributed by atoms with Crippen molar-refractivity contribution >= 4 is 28.4 Å². The van der Waals surface area contributed by atoms with Crippen LogP contribution in [-0.4, -0.2) is 45.5 Å². The molecule has 192 valence electrons. The van der Waals surface area contributed by atoms with Crippen LogP contribution in [0.1, 0.15) is 62.1 Å². The van der Waals surface area contributed by atoms with E-state index in [1.54, 1.807) is 17.6 Å². The molecule has 8 heteroatoms. The molecular weight excluding hydrogens is 468 g/mol. The van der Waals surface area contributed by atoms with E-state index in [-0.39, 0.29) is 18.6 Å². The van der Waals surface area contributed by atoms with Gasteiger partial charge in [-0.25, -0.2) is 14.8 Å². The minimum Gasteiger partial charge on any atom is -0.458 e. The number of aromatic nitrogens is 2. The van der Waals surface area contributed by atoms with Crippen molar-refractivity contribution in [2.45, 2.75) is 64.2 Å². The van der Waals surface area contributed by atoms with Crippen LogP contribution in [0, 0.1) is 5.92 Å². The highest BCUT2D eigenvalue weighted by Gasteiger charge is 2.45. The number of nitrogens with zero attached hydrogens (tertiary/aromatic N) is 4. The van der Waals surface area contributed by atoms with Crippen molar-refractivity contribution in [1.29, 1.82) is 0 Å². The molecule has 0 unspecified atom stereocenters. The van der Waals surface area contributed by atoms with E-state index in [1.165, 1.54) is 32.1 Å². The Hall–Kier alpha value is -3.52. The summed E-state index contributed by atoms with van der Waals surface area (Å²) in [6.45, 7) is 1.96. The maximum Gasteiger partial charge on any atom is 0.343 e. The number of benzene rings is 1. The number of carbonyl (C=O) groups is 1. The Morgan fingerprint density at radius 2 is 1.97 bits per heavy atom. The highest BCUT2D eigenvalue weighted by molar-refractivity contribution is 5.90. The van der Waals surface area contributed by atoms with E-state index >= 15 is 0 Å². The number of cyclic esters (lactones) is 1. The van der Waals surface area contributed by atoms with Crippen molar-refractivity contribution in [3.05, 3.63) is 57.4 Å². The van der Waals surface area contributed by atoms with E-state index < -0.39 is 11.6 Å². The molecule has 2 aliphatic heterocycles. The monoisotopic (exact) mass is 500 g/mol. The molecule has 2 aromatic heterocycles. The second-order valence-electron chi connectivity index (χ2n) is 10.7. The molecule has 4 heterocycles. The van der Waals surface area contributed by atoms with Gasteiger partial charge in [0.2, 0.25) is 0 Å². The molecule has 0 bridgehead atoms. The van der Waals surface area contributed by atoms with E-state index in [4.69, 9.17) is 14.7 Å². The largest absolute Gasteiger partial charge is 0.458 e. The van der Waals surface area contributed by atoms with Gasteiger partial charge in [-0.05, 0) is 49.6 Å². The first kappa shape index (κ1) is 23.9. The second-order valence-corrected chi connectivity index (χ2v) is 10.7. The predicted octanol–water partition coefficient (Wildman–Crippen LogP) is 4.25. The van der Waals surface area contributed by atoms with E-state index in [0.717, 1.165) is 28.0 Å². The molecule has 1 N–H and O–H groups in total. The lowest BCUT2D eigenvalue weighted by Crippen LogP contribution is -2.44. The molecule has 1 aliphatic carbocycles. The third kappa shape index (κ3) is 3.77. The Morgan fingerprint density at radius 3 is 2.70 bits per heavy atom. The van der Waals surface area contributed by atoms with Crippen molar-refractivity contribution in [1.82, 2.24) is 14.5 Å². The fraction of sp³-hybridized carbons (Fsp3) is 0.448. The minimum atomic E-state index is -1.82. The van der Waals surface area contributed by atoms with E-state index in [9.17, 15) is 14.7 Å². The standard InChI is InChI=1S/C29H32N4O4/c1-4-29(36)22-14-24-25-19(15-33(24)27(34)21(22)16-37-28(29)35)12-18-13-20(10-11-23(18)31-25)30-26(32(2)3)17-8-6-5-7-9-17/h10-14,17,36H,4-9,15-16H2,1-3H3/t29-/m0/s1. The Kier molecular flexibility index (Phi) is 5.67. The number of amidine groups is 1. The smallest absolute Gasteiger partial charge is 0.343 e. The first-order valence-electron chi connectivity index (χ1n) is 13.2. The van der Waals surface area contributed by atoms with Crippen molar-refractivity contribution < 1.29 is 14.6 Å². The molecule has 1 saturated carbocycles. The maximum absolute atomic E-state index is 13.4. The molecule has 0 spiro atoms. The Morgan fingerprint density at radius 1 is 1.19 bits per heavy atom. The highest BCUT2D eigenvalue weighted by Crippen LogP contribution is 2.39. The topological polar surface area (TPSA) is 97.0 Å². The van der Waals surface area contributed by atoms with Crippen LogP contribution in [-0.2, 0) is 28.3 Å². The molecule has 3 aromatic rings. The summed E-state index contributed by atoms with van der Waals surface area (Å²) in [6, 6.07) is 9.85. The summed E-state index contributed by atoms with van der Waals surface area (Å²) >= 11 is 0. The normalized spacial score (nSPS) is 21.4. The van der Waals surface area contributed by atoms with Gasteiger partial charge in [0.1, 0.15) is 12.4 Å². The number of ether oxygens (including phenoxy) is 1. The Bertz CT molecular complexity index is 1520. The summed E-state index contributed by atoms with van der Waals surface area (Å²) in [7, 11) is 4.13. The molecule has 0 saturated heterocycles. The number of hydrogen-bond acceptors (Lipinski definition) is 6. The number of pyridine rings is 2. The Balaban J connectivity index is 1.42. The summed E-state index contributed by atoms with van der Waals surface area (Å²) in [5, 5.41) is 12.0. The van der Waals surface area contributed by atoms with Crippen LogP contribution in [0.15, 0.2) is 40.1 Å². The molecular formula is C29H32N4O4. The number of esters is 1. The zero-order valence-corrected chi connectivity index (χ0v) is 21.6. The average molecular weight is 501 g/mol. The second kappa shape index (κ2) is 8.80. The van der Waals surface area contributed by atoms with Gasteiger partial charge in [-0.2, -0.15) is 0 Å². The van der Waals surface area contributed by atoms with Crippen LogP contribution >= 0.6 is 0 Å². The number of aliphatic hydroxyl groups is 1. The van der Waals surface area contributed by atoms with Crippen LogP contribution in [0.4, 0.5) is 5.69 Å². The van der Waals surface area contributed by atoms with Gasteiger partial charge in [-0.15, -0.1) is 0 Å². The Labute approximate surface area is 215 Å². The molecule has 6 rings (SSSR count). The fourth-order valence-corrected chi connectivity index (χ4v) is 6.09. The van der Waals surface area contributed by atoms with Crippen LogP contribution in [0.2, 0.25) is 0 Å². The number of hydrogen-bond donors (Lipinski definition) is 1. The van der Waals surface area contributed by atoms with Gasteiger partial charge in [0.15, 0.2) is 5.60 Å². The molecule has 0 radical (unpaired) electrons. The van der Waals surface area contributed by atoms with Crippen LogP contribution < -0.4 is 5.56 Å². The minimum absolute atomic E-state index is 0.124. The number of rotatable bonds is 3. The molecule has 37 heavy (non-hydrogen) atoms. The summed E-state index contributed by atoms with van der Waals surface area (Å²) in [4.78, 5) is 37.9. The summed E-state index contributed by atoms with van der Waals surface area (Å²) in [5.74, 6) is 0.899. The van der Waals surface area contributed by atoms with Gasteiger partial charge in [0.05, 0.1) is 34.7 Å². The maximum atomic E-state index is 13.4. The van der Waals surface area contributed by atoms with Crippen LogP contribution in [0.25, 0.3) is 22.3 Å². The number of aliphatic imine (C=N–C) groups is 1. The quantitative estimate of drug-likeness (QED) is 0.257. The SMILES string of the molecule is CC[C@@]1(O)C(=O)OCc2c1cc1n(c2=O)Cc2cc3cc(N=C(C4CCCCC4)N(C)C)ccc3nc2-1. The van der Waals surface area contributed by atoms with Gasteiger partial charge in [-0.3, -0.25) is 4.79 Å². The lowest BCUT2D eigenvalue weighted by atomic mass is 9.86. The summed E-state index contributed by atoms with van der Waals surface area (Å²) < 4.78 is 6.83. The van der Waals surface area contributed by atoms with Crippen LogP contribution in [0.5, 0.6) is 0 Å². The average Bonchev–Trinajstić information content (AvgIpc) is 3.26. The zero-order chi connectivity index (χ0) is 25.9.